The third-order valence-electron chi connectivity index (χ3n) is 4.66. The molecule has 2 aliphatic rings. The van der Waals surface area contributed by atoms with E-state index in [0.29, 0.717) is 24.2 Å². The van der Waals surface area contributed by atoms with Crippen molar-refractivity contribution in [2.75, 3.05) is 13.1 Å². The first kappa shape index (κ1) is 16.2. The Balaban J connectivity index is 0.00000161. The Kier molecular flexibility index (Phi) is 5.22. The van der Waals surface area contributed by atoms with Gasteiger partial charge in [0.25, 0.3) is 0 Å². The van der Waals surface area contributed by atoms with Crippen molar-refractivity contribution in [2.24, 2.45) is 17.6 Å². The lowest BCUT2D eigenvalue weighted by molar-refractivity contribution is -0.137. The monoisotopic (exact) mass is 314 g/mol. The van der Waals surface area contributed by atoms with Crippen molar-refractivity contribution in [2.45, 2.75) is 45.1 Å². The maximum Gasteiger partial charge on any atom is 0.226 e. The second-order valence-electron chi connectivity index (χ2n) is 5.89. The number of likely N-dealkylation sites (tertiary alicyclic amines) is 1. The van der Waals surface area contributed by atoms with E-state index in [4.69, 9.17) is 10.3 Å². The lowest BCUT2D eigenvalue weighted by Crippen LogP contribution is -2.39. The molecule has 1 aromatic heterocycles. The van der Waals surface area contributed by atoms with Crippen molar-refractivity contribution in [3.63, 3.8) is 0 Å². The molecule has 1 saturated heterocycles. The van der Waals surface area contributed by atoms with E-state index in [1.54, 1.807) is 6.92 Å². The molecule has 1 aliphatic heterocycles. The predicted molar refractivity (Wildman–Crippen MR) is 79.9 cm³/mol. The number of carbonyl (C=O) groups excluding carboxylic acids is 1. The highest BCUT2D eigenvalue weighted by Crippen LogP contribution is 2.37. The lowest BCUT2D eigenvalue weighted by atomic mass is 9.94. The largest absolute Gasteiger partial charge is 0.340 e. The van der Waals surface area contributed by atoms with Gasteiger partial charge in [-0.05, 0) is 38.1 Å². The zero-order valence-corrected chi connectivity index (χ0v) is 13.1. The minimum atomic E-state index is -0.0148. The van der Waals surface area contributed by atoms with Crippen molar-refractivity contribution < 1.29 is 9.32 Å². The van der Waals surface area contributed by atoms with Gasteiger partial charge in [-0.3, -0.25) is 4.79 Å². The molecular formula is C14H23ClN4O2. The Bertz CT molecular complexity index is 493. The fraction of sp³-hybridized carbons (Fsp3) is 0.786. The van der Waals surface area contributed by atoms with Crippen molar-refractivity contribution in [3.8, 4) is 0 Å². The molecule has 1 saturated carbocycles. The average molecular weight is 315 g/mol. The summed E-state index contributed by atoms with van der Waals surface area (Å²) >= 11 is 0. The highest BCUT2D eigenvalue weighted by Gasteiger charge is 2.40. The predicted octanol–water partition coefficient (Wildman–Crippen LogP) is 1.84. The van der Waals surface area contributed by atoms with E-state index in [2.05, 4.69) is 10.1 Å². The molecule has 21 heavy (non-hydrogen) atoms. The van der Waals surface area contributed by atoms with E-state index in [1.807, 2.05) is 4.90 Å². The molecule has 0 aromatic carbocycles. The van der Waals surface area contributed by atoms with Gasteiger partial charge < -0.3 is 15.2 Å². The van der Waals surface area contributed by atoms with E-state index in [9.17, 15) is 4.79 Å². The first-order valence-corrected chi connectivity index (χ1v) is 7.51. The van der Waals surface area contributed by atoms with Crippen LogP contribution in [-0.2, 0) is 4.79 Å². The third kappa shape index (κ3) is 3.06. The first-order chi connectivity index (χ1) is 9.70. The van der Waals surface area contributed by atoms with E-state index < -0.39 is 0 Å². The van der Waals surface area contributed by atoms with Crippen LogP contribution in [0.5, 0.6) is 0 Å². The van der Waals surface area contributed by atoms with E-state index in [1.165, 1.54) is 0 Å². The number of carbonyl (C=O) groups is 1. The number of nitrogens with two attached hydrogens (primary N) is 1. The lowest BCUT2D eigenvalue weighted by Gasteiger charge is -2.27. The minimum absolute atomic E-state index is 0. The molecule has 2 N–H and O–H groups in total. The van der Waals surface area contributed by atoms with E-state index in [0.717, 1.165) is 38.6 Å². The molecule has 3 rings (SSSR count). The molecule has 0 spiro atoms. The summed E-state index contributed by atoms with van der Waals surface area (Å²) in [5.74, 6) is 1.88. The normalized spacial score (nSPS) is 28.7. The second-order valence-corrected chi connectivity index (χ2v) is 5.89. The highest BCUT2D eigenvalue weighted by atomic mass is 35.5. The van der Waals surface area contributed by atoms with Gasteiger partial charge in [0.2, 0.25) is 11.8 Å². The van der Waals surface area contributed by atoms with Crippen molar-refractivity contribution in [3.05, 3.63) is 11.7 Å². The van der Waals surface area contributed by atoms with Gasteiger partial charge in [-0.2, -0.15) is 4.98 Å². The summed E-state index contributed by atoms with van der Waals surface area (Å²) in [6, 6.07) is -0.0148. The molecule has 0 bridgehead atoms. The first-order valence-electron chi connectivity index (χ1n) is 7.51. The SMILES string of the molecule is Cc1nc(C2CCCN2C(=O)[C@@H]2CCC[C@@H]2CN)no1.Cl. The fourth-order valence-electron chi connectivity index (χ4n) is 3.61. The van der Waals surface area contributed by atoms with Crippen molar-refractivity contribution in [1.29, 1.82) is 0 Å². The molecule has 2 heterocycles. The summed E-state index contributed by atoms with van der Waals surface area (Å²) in [6.07, 6.45) is 5.08. The molecule has 1 aliphatic carbocycles. The maximum atomic E-state index is 12.8. The molecule has 118 valence electrons. The van der Waals surface area contributed by atoms with E-state index in [-0.39, 0.29) is 30.3 Å². The number of nitrogens with zero attached hydrogens (tertiary/aromatic N) is 3. The van der Waals surface area contributed by atoms with Gasteiger partial charge in [-0.25, -0.2) is 0 Å². The summed E-state index contributed by atoms with van der Waals surface area (Å²) in [4.78, 5) is 19.0. The Hall–Kier alpha value is -1.14. The van der Waals surface area contributed by atoms with Crippen molar-refractivity contribution in [1.82, 2.24) is 15.0 Å². The van der Waals surface area contributed by atoms with Crippen LogP contribution < -0.4 is 5.73 Å². The van der Waals surface area contributed by atoms with Crippen molar-refractivity contribution >= 4 is 18.3 Å². The molecule has 3 atom stereocenters. The summed E-state index contributed by atoms with van der Waals surface area (Å²) in [5, 5.41) is 3.99. The standard InChI is InChI=1S/C14H22N4O2.ClH/c1-9-16-13(17-20-9)12-6-3-7-18(12)14(19)11-5-2-4-10(11)8-15;/h10-12H,2-8,15H2,1H3;1H/t10-,11-,12?;/m1./s1. The number of hydrogen-bond donors (Lipinski definition) is 1. The molecule has 1 amide bonds. The number of rotatable bonds is 3. The molecule has 7 heteroatoms. The van der Waals surface area contributed by atoms with Gasteiger partial charge in [-0.1, -0.05) is 11.6 Å². The molecule has 1 unspecified atom stereocenters. The Morgan fingerprint density at radius 2 is 2.19 bits per heavy atom. The zero-order valence-electron chi connectivity index (χ0n) is 12.3. The van der Waals surface area contributed by atoms with Crippen LogP contribution in [0.4, 0.5) is 0 Å². The topological polar surface area (TPSA) is 85.2 Å². The summed E-state index contributed by atoms with van der Waals surface area (Å²) in [6.45, 7) is 3.18. The third-order valence-corrected chi connectivity index (χ3v) is 4.66. The molecular weight excluding hydrogens is 292 g/mol. The summed E-state index contributed by atoms with van der Waals surface area (Å²) < 4.78 is 5.05. The fourth-order valence-corrected chi connectivity index (χ4v) is 3.61. The van der Waals surface area contributed by atoms with Crippen LogP contribution in [0.1, 0.15) is 49.9 Å². The van der Waals surface area contributed by atoms with Crippen LogP contribution in [0.25, 0.3) is 0 Å². The minimum Gasteiger partial charge on any atom is -0.340 e. The van der Waals surface area contributed by atoms with E-state index >= 15 is 0 Å². The Labute approximate surface area is 130 Å². The quantitative estimate of drug-likeness (QED) is 0.920. The number of aryl methyl sites for hydroxylation is 1. The Morgan fingerprint density at radius 3 is 2.86 bits per heavy atom. The number of amides is 1. The van der Waals surface area contributed by atoms with Gasteiger partial charge in [0.05, 0.1) is 6.04 Å². The Morgan fingerprint density at radius 1 is 1.38 bits per heavy atom. The molecule has 2 fully saturated rings. The molecule has 6 nitrogen and oxygen atoms in total. The molecule has 1 aromatic rings. The average Bonchev–Trinajstić information content (AvgIpc) is 3.17. The summed E-state index contributed by atoms with van der Waals surface area (Å²) in [5.41, 5.74) is 5.80. The number of aromatic nitrogens is 2. The van der Waals surface area contributed by atoms with Crippen LogP contribution in [0.15, 0.2) is 4.52 Å². The van der Waals surface area contributed by atoms with Gasteiger partial charge in [0, 0.05) is 19.4 Å². The van der Waals surface area contributed by atoms with Crippen LogP contribution in [0.2, 0.25) is 0 Å². The second kappa shape index (κ2) is 6.75. The molecule has 0 radical (unpaired) electrons. The smallest absolute Gasteiger partial charge is 0.226 e. The van der Waals surface area contributed by atoms with Crippen LogP contribution >= 0.6 is 12.4 Å². The number of hydrogen-bond acceptors (Lipinski definition) is 5. The maximum absolute atomic E-state index is 12.8. The van der Waals surface area contributed by atoms with Crippen LogP contribution in [-0.4, -0.2) is 34.0 Å². The zero-order chi connectivity index (χ0) is 14.1. The summed E-state index contributed by atoms with van der Waals surface area (Å²) in [7, 11) is 0. The number of halogens is 1. The van der Waals surface area contributed by atoms with Gasteiger partial charge in [0.15, 0.2) is 5.82 Å². The van der Waals surface area contributed by atoms with Crippen LogP contribution in [0.3, 0.4) is 0 Å². The highest BCUT2D eigenvalue weighted by molar-refractivity contribution is 5.85. The van der Waals surface area contributed by atoms with Gasteiger partial charge in [-0.15, -0.1) is 12.4 Å². The van der Waals surface area contributed by atoms with Crippen LogP contribution in [0, 0.1) is 18.8 Å². The van der Waals surface area contributed by atoms with Gasteiger partial charge >= 0.3 is 0 Å². The van der Waals surface area contributed by atoms with Gasteiger partial charge in [0.1, 0.15) is 0 Å².